The molecular formula is C13H14ClN3O2. The van der Waals surface area contributed by atoms with E-state index in [-0.39, 0.29) is 12.5 Å². The van der Waals surface area contributed by atoms with Crippen LogP contribution in [-0.2, 0) is 11.3 Å². The molecule has 2 N–H and O–H groups in total. The van der Waals surface area contributed by atoms with Crippen molar-refractivity contribution in [3.63, 3.8) is 0 Å². The van der Waals surface area contributed by atoms with Gasteiger partial charge in [-0.15, -0.1) is 0 Å². The Morgan fingerprint density at radius 3 is 2.89 bits per heavy atom. The van der Waals surface area contributed by atoms with Crippen LogP contribution in [0, 0.1) is 6.92 Å². The number of aryl methyl sites for hydroxylation is 1. The zero-order valence-corrected chi connectivity index (χ0v) is 11.2. The average molecular weight is 280 g/mol. The number of halogens is 1. The molecule has 1 aromatic heterocycles. The molecule has 6 heteroatoms. The first-order valence-corrected chi connectivity index (χ1v) is 6.20. The molecule has 0 saturated carbocycles. The number of hydrogen-bond acceptors (Lipinski definition) is 4. The Hall–Kier alpha value is -2.01. The lowest BCUT2D eigenvalue weighted by Crippen LogP contribution is -2.29. The fourth-order valence-electron chi connectivity index (χ4n) is 1.52. The summed E-state index contributed by atoms with van der Waals surface area (Å²) in [5.74, 6) is 1.10. The number of anilines is 1. The van der Waals surface area contributed by atoms with Crippen LogP contribution in [0.5, 0.6) is 0 Å². The number of amides is 1. The highest BCUT2D eigenvalue weighted by Gasteiger charge is 2.05. The first kappa shape index (κ1) is 13.4. The molecule has 0 bridgehead atoms. The molecule has 0 aliphatic rings. The molecule has 1 amide bonds. The minimum atomic E-state index is -0.138. The number of rotatable bonds is 5. The third kappa shape index (κ3) is 3.99. The van der Waals surface area contributed by atoms with Crippen LogP contribution in [0.15, 0.2) is 34.9 Å². The van der Waals surface area contributed by atoms with E-state index in [2.05, 4.69) is 15.8 Å². The summed E-state index contributed by atoms with van der Waals surface area (Å²) in [4.78, 5) is 11.6. The molecule has 0 atom stereocenters. The summed E-state index contributed by atoms with van der Waals surface area (Å²) in [6.07, 6.45) is 0. The molecule has 2 aromatic rings. The number of hydrogen-bond donors (Lipinski definition) is 2. The van der Waals surface area contributed by atoms with Crippen molar-refractivity contribution in [2.24, 2.45) is 0 Å². The van der Waals surface area contributed by atoms with Crippen molar-refractivity contribution in [3.05, 3.63) is 46.7 Å². The first-order chi connectivity index (χ1) is 9.15. The van der Waals surface area contributed by atoms with Gasteiger partial charge in [0, 0.05) is 17.6 Å². The minimum Gasteiger partial charge on any atom is -0.360 e. The standard InChI is InChI=1S/C13H14ClN3O2/c1-9-6-12(17-19-9)15-8-13(18)16-7-10-4-2-3-5-11(10)14/h2-6H,7-8H2,1H3,(H,15,17)(H,16,18). The van der Waals surface area contributed by atoms with Gasteiger partial charge in [-0.05, 0) is 18.6 Å². The van der Waals surface area contributed by atoms with Gasteiger partial charge >= 0.3 is 0 Å². The third-order valence-corrected chi connectivity index (χ3v) is 2.86. The van der Waals surface area contributed by atoms with Gasteiger partial charge in [-0.3, -0.25) is 4.79 Å². The minimum absolute atomic E-state index is 0.135. The maximum absolute atomic E-state index is 11.6. The summed E-state index contributed by atoms with van der Waals surface area (Å²) in [6.45, 7) is 2.32. The van der Waals surface area contributed by atoms with Gasteiger partial charge in [0.25, 0.3) is 0 Å². The van der Waals surface area contributed by atoms with E-state index >= 15 is 0 Å². The van der Waals surface area contributed by atoms with Crippen molar-refractivity contribution in [2.75, 3.05) is 11.9 Å². The molecule has 0 unspecified atom stereocenters. The predicted octanol–water partition coefficient (Wildman–Crippen LogP) is 2.36. The molecule has 0 radical (unpaired) electrons. The molecule has 0 spiro atoms. The van der Waals surface area contributed by atoms with E-state index in [1.54, 1.807) is 19.1 Å². The van der Waals surface area contributed by atoms with Gasteiger partial charge in [0.2, 0.25) is 5.91 Å². The third-order valence-electron chi connectivity index (χ3n) is 2.49. The van der Waals surface area contributed by atoms with Gasteiger partial charge in [0.15, 0.2) is 5.82 Å². The van der Waals surface area contributed by atoms with Gasteiger partial charge in [0.1, 0.15) is 5.76 Å². The number of carbonyl (C=O) groups is 1. The van der Waals surface area contributed by atoms with E-state index in [0.717, 1.165) is 5.56 Å². The van der Waals surface area contributed by atoms with Crippen LogP contribution < -0.4 is 10.6 Å². The Morgan fingerprint density at radius 1 is 1.42 bits per heavy atom. The van der Waals surface area contributed by atoms with Crippen LogP contribution in [0.2, 0.25) is 5.02 Å². The number of nitrogens with one attached hydrogen (secondary N) is 2. The second-order valence-corrected chi connectivity index (χ2v) is 4.45. The van der Waals surface area contributed by atoms with E-state index in [1.165, 1.54) is 0 Å². The molecule has 0 aliphatic heterocycles. The topological polar surface area (TPSA) is 67.2 Å². The average Bonchev–Trinajstić information content (AvgIpc) is 2.81. The van der Waals surface area contributed by atoms with Crippen LogP contribution >= 0.6 is 11.6 Å². The zero-order chi connectivity index (χ0) is 13.7. The monoisotopic (exact) mass is 279 g/mol. The number of nitrogens with zero attached hydrogens (tertiary/aromatic N) is 1. The summed E-state index contributed by atoms with van der Waals surface area (Å²) < 4.78 is 4.88. The van der Waals surface area contributed by atoms with E-state index < -0.39 is 0 Å². The largest absolute Gasteiger partial charge is 0.360 e. The van der Waals surface area contributed by atoms with Crippen molar-refractivity contribution in [3.8, 4) is 0 Å². The highest BCUT2D eigenvalue weighted by Crippen LogP contribution is 2.14. The fraction of sp³-hybridized carbons (Fsp3) is 0.231. The molecule has 0 aliphatic carbocycles. The van der Waals surface area contributed by atoms with Crippen molar-refractivity contribution in [1.82, 2.24) is 10.5 Å². The molecule has 5 nitrogen and oxygen atoms in total. The SMILES string of the molecule is Cc1cc(NCC(=O)NCc2ccccc2Cl)no1. The van der Waals surface area contributed by atoms with Crippen LogP contribution in [0.25, 0.3) is 0 Å². The highest BCUT2D eigenvalue weighted by atomic mass is 35.5. The molecule has 1 heterocycles. The van der Waals surface area contributed by atoms with Crippen LogP contribution in [0.4, 0.5) is 5.82 Å². The van der Waals surface area contributed by atoms with E-state index in [1.807, 2.05) is 18.2 Å². The summed E-state index contributed by atoms with van der Waals surface area (Å²) >= 11 is 5.99. The highest BCUT2D eigenvalue weighted by molar-refractivity contribution is 6.31. The van der Waals surface area contributed by atoms with Crippen molar-refractivity contribution < 1.29 is 9.32 Å². The van der Waals surface area contributed by atoms with Crippen molar-refractivity contribution >= 4 is 23.3 Å². The molecule has 1 aromatic carbocycles. The Balaban J connectivity index is 1.77. The quantitative estimate of drug-likeness (QED) is 0.882. The Labute approximate surface area is 115 Å². The van der Waals surface area contributed by atoms with Gasteiger partial charge in [-0.1, -0.05) is 35.0 Å². The molecular weight excluding hydrogens is 266 g/mol. The summed E-state index contributed by atoms with van der Waals surface area (Å²) in [5.41, 5.74) is 0.884. The predicted molar refractivity (Wildman–Crippen MR) is 73.0 cm³/mol. The summed E-state index contributed by atoms with van der Waals surface area (Å²) in [5, 5.41) is 10.0. The molecule has 19 heavy (non-hydrogen) atoms. The lowest BCUT2D eigenvalue weighted by molar-refractivity contribution is -0.119. The summed E-state index contributed by atoms with van der Waals surface area (Å²) in [7, 11) is 0. The Morgan fingerprint density at radius 2 is 2.21 bits per heavy atom. The number of benzene rings is 1. The lowest BCUT2D eigenvalue weighted by Gasteiger charge is -2.07. The normalized spacial score (nSPS) is 10.2. The summed E-state index contributed by atoms with van der Waals surface area (Å²) in [6, 6.07) is 9.11. The fourth-order valence-corrected chi connectivity index (χ4v) is 1.72. The Bertz CT molecular complexity index is 569. The Kier molecular flexibility index (Phi) is 4.41. The first-order valence-electron chi connectivity index (χ1n) is 5.82. The van der Waals surface area contributed by atoms with E-state index in [4.69, 9.17) is 16.1 Å². The van der Waals surface area contributed by atoms with Crippen LogP contribution in [0.1, 0.15) is 11.3 Å². The second kappa shape index (κ2) is 6.24. The molecule has 100 valence electrons. The molecule has 0 fully saturated rings. The van der Waals surface area contributed by atoms with E-state index in [9.17, 15) is 4.79 Å². The van der Waals surface area contributed by atoms with Gasteiger partial charge < -0.3 is 15.2 Å². The van der Waals surface area contributed by atoms with Crippen LogP contribution in [0.3, 0.4) is 0 Å². The smallest absolute Gasteiger partial charge is 0.239 e. The zero-order valence-electron chi connectivity index (χ0n) is 10.4. The maximum Gasteiger partial charge on any atom is 0.239 e. The molecule has 0 saturated heterocycles. The maximum atomic E-state index is 11.6. The van der Waals surface area contributed by atoms with Gasteiger partial charge in [-0.25, -0.2) is 0 Å². The number of aromatic nitrogens is 1. The van der Waals surface area contributed by atoms with Gasteiger partial charge in [0.05, 0.1) is 6.54 Å². The van der Waals surface area contributed by atoms with Crippen LogP contribution in [-0.4, -0.2) is 17.6 Å². The van der Waals surface area contributed by atoms with Gasteiger partial charge in [-0.2, -0.15) is 0 Å². The molecule has 2 rings (SSSR count). The lowest BCUT2D eigenvalue weighted by atomic mass is 10.2. The van der Waals surface area contributed by atoms with Crippen molar-refractivity contribution in [2.45, 2.75) is 13.5 Å². The second-order valence-electron chi connectivity index (χ2n) is 4.04. The number of carbonyl (C=O) groups excluding carboxylic acids is 1. The van der Waals surface area contributed by atoms with Crippen molar-refractivity contribution in [1.29, 1.82) is 0 Å². The van der Waals surface area contributed by atoms with E-state index in [0.29, 0.717) is 23.1 Å².